The van der Waals surface area contributed by atoms with Crippen molar-refractivity contribution in [2.24, 2.45) is 0 Å². The Bertz CT molecular complexity index is 922. The second-order valence-electron chi connectivity index (χ2n) is 5.86. The van der Waals surface area contributed by atoms with Crippen LogP contribution in [-0.4, -0.2) is 20.4 Å². The van der Waals surface area contributed by atoms with E-state index in [-0.39, 0.29) is 5.91 Å². The summed E-state index contributed by atoms with van der Waals surface area (Å²) in [6.07, 6.45) is 3.45. The molecule has 0 saturated carbocycles. The van der Waals surface area contributed by atoms with Gasteiger partial charge in [-0.25, -0.2) is 4.98 Å². The number of allylic oxidation sites excluding steroid dienone is 1. The van der Waals surface area contributed by atoms with Gasteiger partial charge < -0.3 is 4.57 Å². The molecule has 0 aliphatic rings. The molecule has 3 heterocycles. The number of aryl methyl sites for hydroxylation is 2. The van der Waals surface area contributed by atoms with Crippen LogP contribution < -0.4 is 5.32 Å². The van der Waals surface area contributed by atoms with Crippen LogP contribution in [0.5, 0.6) is 0 Å². The lowest BCUT2D eigenvalue weighted by Crippen LogP contribution is -2.12. The highest BCUT2D eigenvalue weighted by atomic mass is 32.1. The van der Waals surface area contributed by atoms with Gasteiger partial charge in [-0.1, -0.05) is 6.08 Å². The third kappa shape index (κ3) is 3.53. The predicted molar refractivity (Wildman–Crippen MR) is 102 cm³/mol. The molecule has 3 aromatic rings. The monoisotopic (exact) mass is 352 g/mol. The average Bonchev–Trinajstić information content (AvgIpc) is 3.15. The van der Waals surface area contributed by atoms with Crippen molar-refractivity contribution in [3.8, 4) is 11.3 Å². The van der Waals surface area contributed by atoms with E-state index in [1.54, 1.807) is 12.3 Å². The number of nitrogens with one attached hydrogen (secondary N) is 1. The van der Waals surface area contributed by atoms with Crippen molar-refractivity contribution in [1.82, 2.24) is 14.5 Å². The van der Waals surface area contributed by atoms with Crippen LogP contribution in [0, 0.1) is 20.8 Å². The Hall–Kier alpha value is -2.73. The molecule has 0 bridgehead atoms. The van der Waals surface area contributed by atoms with E-state index in [2.05, 4.69) is 46.3 Å². The molecule has 3 rings (SSSR count). The van der Waals surface area contributed by atoms with E-state index < -0.39 is 0 Å². The first-order valence-electron chi connectivity index (χ1n) is 7.97. The first kappa shape index (κ1) is 17.1. The van der Waals surface area contributed by atoms with E-state index in [1.807, 2.05) is 24.4 Å². The quantitative estimate of drug-likeness (QED) is 0.694. The van der Waals surface area contributed by atoms with E-state index >= 15 is 0 Å². The SMILES string of the molecule is C=CCn1c(C)cc(-c2csc(NC(=O)c3ccc(C)nc3)n2)c1C. The van der Waals surface area contributed by atoms with E-state index in [4.69, 9.17) is 0 Å². The zero-order valence-electron chi connectivity index (χ0n) is 14.5. The van der Waals surface area contributed by atoms with Gasteiger partial charge >= 0.3 is 0 Å². The molecule has 1 N–H and O–H groups in total. The summed E-state index contributed by atoms with van der Waals surface area (Å²) in [5.41, 5.74) is 5.65. The summed E-state index contributed by atoms with van der Waals surface area (Å²) in [6, 6.07) is 5.69. The number of carbonyl (C=O) groups is 1. The Labute approximate surface area is 151 Å². The lowest BCUT2D eigenvalue weighted by molar-refractivity contribution is 0.102. The molecule has 0 unspecified atom stereocenters. The van der Waals surface area contributed by atoms with Gasteiger partial charge in [0.15, 0.2) is 5.13 Å². The third-order valence-corrected chi connectivity index (χ3v) is 4.82. The van der Waals surface area contributed by atoms with Crippen molar-refractivity contribution in [3.63, 3.8) is 0 Å². The van der Waals surface area contributed by atoms with Crippen LogP contribution in [0.15, 0.2) is 42.4 Å². The van der Waals surface area contributed by atoms with E-state index in [1.165, 1.54) is 11.3 Å². The molecule has 0 spiro atoms. The molecule has 0 aliphatic carbocycles. The number of aromatic nitrogens is 3. The summed E-state index contributed by atoms with van der Waals surface area (Å²) in [6.45, 7) is 10.6. The van der Waals surface area contributed by atoms with Crippen LogP contribution >= 0.6 is 11.3 Å². The van der Waals surface area contributed by atoms with Gasteiger partial charge in [-0.3, -0.25) is 15.1 Å². The predicted octanol–water partition coefficient (Wildman–Crippen LogP) is 4.37. The lowest BCUT2D eigenvalue weighted by Gasteiger charge is -2.05. The molecule has 1 amide bonds. The number of pyridine rings is 1. The van der Waals surface area contributed by atoms with Crippen molar-refractivity contribution >= 4 is 22.4 Å². The van der Waals surface area contributed by atoms with Crippen molar-refractivity contribution in [3.05, 3.63) is 65.1 Å². The molecule has 6 heteroatoms. The number of amides is 1. The number of hydrogen-bond donors (Lipinski definition) is 1. The molecule has 0 atom stereocenters. The molecule has 0 fully saturated rings. The van der Waals surface area contributed by atoms with Crippen LogP contribution in [0.3, 0.4) is 0 Å². The molecule has 0 radical (unpaired) electrons. The van der Waals surface area contributed by atoms with Gasteiger partial charge in [-0.05, 0) is 39.0 Å². The molecule has 0 aliphatic heterocycles. The largest absolute Gasteiger partial charge is 0.345 e. The Kier molecular flexibility index (Phi) is 4.81. The first-order valence-corrected chi connectivity index (χ1v) is 8.85. The summed E-state index contributed by atoms with van der Waals surface area (Å²) in [7, 11) is 0. The van der Waals surface area contributed by atoms with Crippen LogP contribution in [0.25, 0.3) is 11.3 Å². The van der Waals surface area contributed by atoms with Crippen molar-refractivity contribution < 1.29 is 4.79 Å². The summed E-state index contributed by atoms with van der Waals surface area (Å²) in [4.78, 5) is 21.0. The van der Waals surface area contributed by atoms with Gasteiger partial charge in [-0.2, -0.15) is 0 Å². The molecule has 0 saturated heterocycles. The Balaban J connectivity index is 1.81. The first-order chi connectivity index (χ1) is 12.0. The summed E-state index contributed by atoms with van der Waals surface area (Å²) in [5.74, 6) is -0.203. The van der Waals surface area contributed by atoms with Gasteiger partial charge in [-0.15, -0.1) is 17.9 Å². The molecule has 128 valence electrons. The minimum Gasteiger partial charge on any atom is -0.345 e. The van der Waals surface area contributed by atoms with Crippen LogP contribution in [-0.2, 0) is 6.54 Å². The molecule has 5 nitrogen and oxygen atoms in total. The Morgan fingerprint density at radius 2 is 2.16 bits per heavy atom. The highest BCUT2D eigenvalue weighted by Gasteiger charge is 2.14. The Morgan fingerprint density at radius 1 is 1.36 bits per heavy atom. The Morgan fingerprint density at radius 3 is 2.84 bits per heavy atom. The molecule has 0 aromatic carbocycles. The maximum atomic E-state index is 12.3. The standard InChI is InChI=1S/C19H20N4OS/c1-5-8-23-13(3)9-16(14(23)4)17-11-25-19(21-17)22-18(24)15-7-6-12(2)20-10-15/h5-7,9-11H,1,8H2,2-4H3,(H,21,22,24). The second-order valence-corrected chi connectivity index (χ2v) is 6.72. The maximum Gasteiger partial charge on any atom is 0.259 e. The van der Waals surface area contributed by atoms with Gasteiger partial charge in [0, 0.05) is 40.8 Å². The van der Waals surface area contributed by atoms with Crippen molar-refractivity contribution in [1.29, 1.82) is 0 Å². The van der Waals surface area contributed by atoms with Gasteiger partial charge in [0.05, 0.1) is 11.3 Å². The van der Waals surface area contributed by atoms with Crippen LogP contribution in [0.1, 0.15) is 27.4 Å². The number of carbonyl (C=O) groups excluding carboxylic acids is 1. The van der Waals surface area contributed by atoms with Gasteiger partial charge in [0.25, 0.3) is 5.91 Å². The fraction of sp³-hybridized carbons (Fsp3) is 0.211. The van der Waals surface area contributed by atoms with Crippen molar-refractivity contribution in [2.75, 3.05) is 5.32 Å². The number of nitrogens with zero attached hydrogens (tertiary/aromatic N) is 3. The summed E-state index contributed by atoms with van der Waals surface area (Å²) < 4.78 is 2.19. The van der Waals surface area contributed by atoms with Gasteiger partial charge in [0.1, 0.15) is 0 Å². The summed E-state index contributed by atoms with van der Waals surface area (Å²) >= 11 is 1.41. The second kappa shape index (κ2) is 7.03. The van der Waals surface area contributed by atoms with Crippen molar-refractivity contribution in [2.45, 2.75) is 27.3 Å². The van der Waals surface area contributed by atoms with E-state index in [9.17, 15) is 4.79 Å². The molecular weight excluding hydrogens is 332 g/mol. The smallest absolute Gasteiger partial charge is 0.259 e. The highest BCUT2D eigenvalue weighted by molar-refractivity contribution is 7.14. The number of hydrogen-bond acceptors (Lipinski definition) is 4. The topological polar surface area (TPSA) is 59.8 Å². The number of anilines is 1. The highest BCUT2D eigenvalue weighted by Crippen LogP contribution is 2.30. The summed E-state index contributed by atoms with van der Waals surface area (Å²) in [5, 5.41) is 5.38. The number of rotatable bonds is 5. The number of thiazole rings is 1. The van der Waals surface area contributed by atoms with E-state index in [0.717, 1.165) is 34.9 Å². The fourth-order valence-electron chi connectivity index (χ4n) is 2.70. The zero-order valence-corrected chi connectivity index (χ0v) is 15.4. The van der Waals surface area contributed by atoms with Crippen LogP contribution in [0.4, 0.5) is 5.13 Å². The maximum absolute atomic E-state index is 12.3. The van der Waals surface area contributed by atoms with Gasteiger partial charge in [0.2, 0.25) is 0 Å². The minimum absolute atomic E-state index is 0.203. The molecular formula is C19H20N4OS. The lowest BCUT2D eigenvalue weighted by atomic mass is 10.2. The zero-order chi connectivity index (χ0) is 18.0. The normalized spacial score (nSPS) is 10.7. The third-order valence-electron chi connectivity index (χ3n) is 4.06. The fourth-order valence-corrected chi connectivity index (χ4v) is 3.40. The molecule has 3 aromatic heterocycles. The molecule has 25 heavy (non-hydrogen) atoms. The minimum atomic E-state index is -0.203. The van der Waals surface area contributed by atoms with Crippen LogP contribution in [0.2, 0.25) is 0 Å². The van der Waals surface area contributed by atoms with E-state index in [0.29, 0.717) is 10.7 Å². The average molecular weight is 352 g/mol.